The fraction of sp³-hybridized carbons (Fsp3) is 0.429. The second-order valence-corrected chi connectivity index (χ2v) is 4.30. The maximum absolute atomic E-state index is 11.8. The summed E-state index contributed by atoms with van der Waals surface area (Å²) in [6, 6.07) is 6.74. The second-order valence-electron chi connectivity index (χ2n) is 4.30. The lowest BCUT2D eigenvalue weighted by Crippen LogP contribution is -2.24. The molecule has 5 heteroatoms. The number of anilines is 1. The average Bonchev–Trinajstić information content (AvgIpc) is 2.38. The summed E-state index contributed by atoms with van der Waals surface area (Å²) in [6.07, 6.45) is 2.52. The Bertz CT molecular complexity index is 415. The van der Waals surface area contributed by atoms with Gasteiger partial charge in [-0.05, 0) is 43.5 Å². The highest BCUT2D eigenvalue weighted by atomic mass is 16.3. The van der Waals surface area contributed by atoms with Crippen molar-refractivity contribution in [2.75, 3.05) is 18.5 Å². The molecule has 104 valence electrons. The van der Waals surface area contributed by atoms with Crippen LogP contribution in [0.5, 0.6) is 0 Å². The molecular weight excluding hydrogens is 244 g/mol. The lowest BCUT2D eigenvalue weighted by Gasteiger charge is -2.06. The summed E-state index contributed by atoms with van der Waals surface area (Å²) in [5.74, 6) is -0.264. The molecule has 5 nitrogen and oxygen atoms in total. The third-order valence-corrected chi connectivity index (χ3v) is 2.59. The Kier molecular flexibility index (Phi) is 6.60. The van der Waals surface area contributed by atoms with Gasteiger partial charge in [-0.25, -0.2) is 0 Å². The lowest BCUT2D eigenvalue weighted by molar-refractivity contribution is -0.114. The predicted octanol–water partition coefficient (Wildman–Crippen LogP) is 1.54. The van der Waals surface area contributed by atoms with Gasteiger partial charge in [0.05, 0.1) is 0 Å². The van der Waals surface area contributed by atoms with Gasteiger partial charge >= 0.3 is 0 Å². The number of carbonyl (C=O) groups is 2. The molecule has 0 saturated heterocycles. The predicted molar refractivity (Wildman–Crippen MR) is 74.0 cm³/mol. The van der Waals surface area contributed by atoms with E-state index in [9.17, 15) is 9.59 Å². The number of hydrogen-bond donors (Lipinski definition) is 3. The monoisotopic (exact) mass is 264 g/mol. The van der Waals surface area contributed by atoms with Crippen LogP contribution in [0, 0.1) is 0 Å². The molecule has 0 spiro atoms. The highest BCUT2D eigenvalue weighted by Crippen LogP contribution is 2.09. The van der Waals surface area contributed by atoms with Crippen molar-refractivity contribution in [3.8, 4) is 0 Å². The zero-order chi connectivity index (χ0) is 14.1. The van der Waals surface area contributed by atoms with Crippen molar-refractivity contribution in [3.63, 3.8) is 0 Å². The van der Waals surface area contributed by atoms with Crippen molar-refractivity contribution >= 4 is 17.5 Å². The normalized spacial score (nSPS) is 10.0. The van der Waals surface area contributed by atoms with E-state index in [4.69, 9.17) is 5.11 Å². The van der Waals surface area contributed by atoms with E-state index < -0.39 is 0 Å². The minimum Gasteiger partial charge on any atom is -0.396 e. The fourth-order valence-corrected chi connectivity index (χ4v) is 1.63. The molecule has 0 atom stereocenters. The van der Waals surface area contributed by atoms with E-state index in [1.807, 2.05) is 0 Å². The first-order valence-corrected chi connectivity index (χ1v) is 6.40. The van der Waals surface area contributed by atoms with Crippen LogP contribution >= 0.6 is 0 Å². The summed E-state index contributed by atoms with van der Waals surface area (Å²) in [5, 5.41) is 14.1. The summed E-state index contributed by atoms with van der Waals surface area (Å²) < 4.78 is 0. The molecule has 1 rings (SSSR count). The standard InChI is InChI=1S/C14H20N2O3/c1-11(18)16-13-7-5-12(6-8-13)14(19)15-9-3-2-4-10-17/h5-8,17H,2-4,9-10H2,1H3,(H,15,19)(H,16,18). The van der Waals surface area contributed by atoms with Crippen LogP contribution in [-0.4, -0.2) is 30.1 Å². The summed E-state index contributed by atoms with van der Waals surface area (Å²) >= 11 is 0. The smallest absolute Gasteiger partial charge is 0.251 e. The third kappa shape index (κ3) is 6.01. The first kappa shape index (κ1) is 15.2. The summed E-state index contributed by atoms with van der Waals surface area (Å²) in [7, 11) is 0. The van der Waals surface area contributed by atoms with Gasteiger partial charge in [0.2, 0.25) is 5.91 Å². The molecule has 0 unspecified atom stereocenters. The molecule has 1 aromatic carbocycles. The van der Waals surface area contributed by atoms with Crippen LogP contribution in [0.4, 0.5) is 5.69 Å². The number of hydrogen-bond acceptors (Lipinski definition) is 3. The van der Waals surface area contributed by atoms with Crippen molar-refractivity contribution in [3.05, 3.63) is 29.8 Å². The Morgan fingerprint density at radius 3 is 2.37 bits per heavy atom. The van der Waals surface area contributed by atoms with Crippen LogP contribution in [0.15, 0.2) is 24.3 Å². The largest absolute Gasteiger partial charge is 0.396 e. The van der Waals surface area contributed by atoms with E-state index in [1.165, 1.54) is 6.92 Å². The maximum Gasteiger partial charge on any atom is 0.251 e. The Balaban J connectivity index is 2.38. The van der Waals surface area contributed by atoms with Crippen LogP contribution in [0.3, 0.4) is 0 Å². The van der Waals surface area contributed by atoms with E-state index in [1.54, 1.807) is 24.3 Å². The Hall–Kier alpha value is -1.88. The molecule has 0 saturated carbocycles. The van der Waals surface area contributed by atoms with Gasteiger partial charge in [0.15, 0.2) is 0 Å². The number of rotatable bonds is 7. The first-order valence-electron chi connectivity index (χ1n) is 6.40. The van der Waals surface area contributed by atoms with Crippen LogP contribution in [0.2, 0.25) is 0 Å². The Morgan fingerprint density at radius 1 is 1.11 bits per heavy atom. The molecule has 0 heterocycles. The number of nitrogens with one attached hydrogen (secondary N) is 2. The quantitative estimate of drug-likeness (QED) is 0.654. The zero-order valence-corrected chi connectivity index (χ0v) is 11.1. The van der Waals surface area contributed by atoms with Gasteiger partial charge in [0, 0.05) is 31.3 Å². The number of carbonyl (C=O) groups excluding carboxylic acids is 2. The van der Waals surface area contributed by atoms with Gasteiger partial charge in [-0.15, -0.1) is 0 Å². The minimum absolute atomic E-state index is 0.127. The average molecular weight is 264 g/mol. The van der Waals surface area contributed by atoms with Crippen molar-refractivity contribution in [1.82, 2.24) is 5.32 Å². The molecule has 0 radical (unpaired) electrons. The number of benzene rings is 1. The van der Waals surface area contributed by atoms with Crippen LogP contribution < -0.4 is 10.6 Å². The van der Waals surface area contributed by atoms with E-state index in [2.05, 4.69) is 10.6 Å². The number of amides is 2. The number of aliphatic hydroxyl groups is 1. The molecule has 0 aromatic heterocycles. The summed E-state index contributed by atoms with van der Waals surface area (Å²) in [5.41, 5.74) is 1.24. The number of aliphatic hydroxyl groups excluding tert-OH is 1. The Morgan fingerprint density at radius 2 is 1.79 bits per heavy atom. The highest BCUT2D eigenvalue weighted by molar-refractivity contribution is 5.95. The van der Waals surface area contributed by atoms with Crippen LogP contribution in [-0.2, 0) is 4.79 Å². The second kappa shape index (κ2) is 8.26. The van der Waals surface area contributed by atoms with E-state index in [-0.39, 0.29) is 18.4 Å². The van der Waals surface area contributed by atoms with Gasteiger partial charge in [-0.2, -0.15) is 0 Å². The van der Waals surface area contributed by atoms with Gasteiger partial charge in [-0.3, -0.25) is 9.59 Å². The van der Waals surface area contributed by atoms with E-state index in [0.29, 0.717) is 17.8 Å². The van der Waals surface area contributed by atoms with E-state index >= 15 is 0 Å². The molecule has 1 aromatic rings. The van der Waals surface area contributed by atoms with E-state index in [0.717, 1.165) is 19.3 Å². The SMILES string of the molecule is CC(=O)Nc1ccc(C(=O)NCCCCCO)cc1. The van der Waals surface area contributed by atoms with Crippen molar-refractivity contribution in [2.24, 2.45) is 0 Å². The first-order chi connectivity index (χ1) is 9.13. The maximum atomic E-state index is 11.8. The van der Waals surface area contributed by atoms with Crippen molar-refractivity contribution in [2.45, 2.75) is 26.2 Å². The molecule has 0 bridgehead atoms. The lowest BCUT2D eigenvalue weighted by atomic mass is 10.2. The third-order valence-electron chi connectivity index (χ3n) is 2.59. The summed E-state index contributed by atoms with van der Waals surface area (Å²) in [4.78, 5) is 22.6. The minimum atomic E-state index is -0.138. The van der Waals surface area contributed by atoms with Gasteiger partial charge in [-0.1, -0.05) is 0 Å². The molecule has 0 fully saturated rings. The molecular formula is C14H20N2O3. The molecule has 3 N–H and O–H groups in total. The molecule has 19 heavy (non-hydrogen) atoms. The van der Waals surface area contributed by atoms with Gasteiger partial charge in [0.1, 0.15) is 0 Å². The van der Waals surface area contributed by atoms with Gasteiger partial charge in [0.25, 0.3) is 5.91 Å². The zero-order valence-electron chi connectivity index (χ0n) is 11.1. The van der Waals surface area contributed by atoms with Crippen molar-refractivity contribution < 1.29 is 14.7 Å². The fourth-order valence-electron chi connectivity index (χ4n) is 1.63. The number of unbranched alkanes of at least 4 members (excludes halogenated alkanes) is 2. The van der Waals surface area contributed by atoms with Crippen molar-refractivity contribution in [1.29, 1.82) is 0 Å². The molecule has 0 aliphatic carbocycles. The van der Waals surface area contributed by atoms with Crippen LogP contribution in [0.1, 0.15) is 36.5 Å². The van der Waals surface area contributed by atoms with Gasteiger partial charge < -0.3 is 15.7 Å². The van der Waals surface area contributed by atoms with Crippen LogP contribution in [0.25, 0.3) is 0 Å². The highest BCUT2D eigenvalue weighted by Gasteiger charge is 2.04. The topological polar surface area (TPSA) is 78.4 Å². The molecule has 2 amide bonds. The Labute approximate surface area is 113 Å². The summed E-state index contributed by atoms with van der Waals surface area (Å²) in [6.45, 7) is 2.23. The molecule has 0 aliphatic rings. The molecule has 0 aliphatic heterocycles.